The number of nitrogens with one attached hydrogen (secondary N) is 1. The summed E-state index contributed by atoms with van der Waals surface area (Å²) in [6, 6.07) is 2.02. The fourth-order valence-electron chi connectivity index (χ4n) is 1.37. The molecule has 2 rings (SSSR count). The molecule has 20 heavy (non-hydrogen) atoms. The number of rotatable bonds is 5. The first kappa shape index (κ1) is 14.8. The zero-order chi connectivity index (χ0) is 14.8. The summed E-state index contributed by atoms with van der Waals surface area (Å²) >= 11 is 2.55. The third-order valence-corrected chi connectivity index (χ3v) is 5.96. The molecular weight excluding hydrogens is 318 g/mol. The minimum atomic E-state index is -3.68. The van der Waals surface area contributed by atoms with E-state index in [1.54, 1.807) is 14.0 Å². The average Bonchev–Trinajstić information content (AvgIpc) is 2.93. The molecule has 106 valence electrons. The van der Waals surface area contributed by atoms with E-state index in [-0.39, 0.29) is 10.0 Å². The first-order chi connectivity index (χ1) is 9.42. The van der Waals surface area contributed by atoms with Gasteiger partial charge in [0, 0.05) is 13.2 Å². The molecule has 7 nitrogen and oxygen atoms in total. The molecule has 0 saturated carbocycles. The van der Waals surface area contributed by atoms with Crippen molar-refractivity contribution < 1.29 is 8.42 Å². The molecule has 0 radical (unpaired) electrons. The van der Waals surface area contributed by atoms with Crippen LogP contribution in [-0.2, 0) is 17.1 Å². The lowest BCUT2D eigenvalue weighted by atomic mass is 10.6. The van der Waals surface area contributed by atoms with Crippen molar-refractivity contribution in [3.05, 3.63) is 18.1 Å². The molecule has 10 heteroatoms. The molecule has 2 heterocycles. The van der Waals surface area contributed by atoms with E-state index in [1.165, 1.54) is 40.2 Å². The van der Waals surface area contributed by atoms with Crippen LogP contribution < -0.4 is 4.72 Å². The minimum absolute atomic E-state index is 0.0825. The summed E-state index contributed by atoms with van der Waals surface area (Å²) in [7, 11) is -2.03. The van der Waals surface area contributed by atoms with Crippen molar-refractivity contribution in [2.75, 3.05) is 10.5 Å². The maximum absolute atomic E-state index is 12.1. The average molecular weight is 329 g/mol. The Morgan fingerprint density at radius 3 is 2.95 bits per heavy atom. The quantitative estimate of drug-likeness (QED) is 0.836. The number of hydrogen-bond donors (Lipinski definition) is 1. The maximum Gasteiger partial charge on any atom is 0.266 e. The van der Waals surface area contributed by atoms with Crippen molar-refractivity contribution in [2.24, 2.45) is 7.05 Å². The lowest BCUT2D eigenvalue weighted by molar-refractivity contribution is 0.601. The lowest BCUT2D eigenvalue weighted by Gasteiger charge is -2.01. The van der Waals surface area contributed by atoms with Gasteiger partial charge in [-0.15, -0.1) is 0 Å². The topological polar surface area (TPSA) is 101 Å². The number of nitrogens with zero attached hydrogens (tertiary/aromatic N) is 4. The Morgan fingerprint density at radius 2 is 2.35 bits per heavy atom. The van der Waals surface area contributed by atoms with Crippen molar-refractivity contribution in [1.82, 2.24) is 14.8 Å². The van der Waals surface area contributed by atoms with Gasteiger partial charge in [0.25, 0.3) is 10.0 Å². The van der Waals surface area contributed by atoms with Crippen LogP contribution in [-0.4, -0.2) is 28.9 Å². The summed E-state index contributed by atoms with van der Waals surface area (Å²) in [5, 5.41) is 12.7. The van der Waals surface area contributed by atoms with Crippen LogP contribution in [0, 0.1) is 18.3 Å². The highest BCUT2D eigenvalue weighted by molar-refractivity contribution is 8.01. The van der Waals surface area contributed by atoms with E-state index in [1.807, 2.05) is 6.07 Å². The van der Waals surface area contributed by atoms with Crippen LogP contribution >= 0.6 is 23.1 Å². The second kappa shape index (κ2) is 5.82. The van der Waals surface area contributed by atoms with Crippen LogP contribution in [0.25, 0.3) is 0 Å². The van der Waals surface area contributed by atoms with Gasteiger partial charge in [-0.3, -0.25) is 9.40 Å². The fourth-order valence-corrected chi connectivity index (χ4v) is 4.39. The Hall–Kier alpha value is -1.57. The Kier molecular flexibility index (Phi) is 4.32. The first-order valence-electron chi connectivity index (χ1n) is 5.41. The second-order valence-electron chi connectivity index (χ2n) is 3.79. The Labute approximate surface area is 124 Å². The third-order valence-electron chi connectivity index (χ3n) is 2.24. The van der Waals surface area contributed by atoms with E-state index in [4.69, 9.17) is 5.26 Å². The molecule has 2 aromatic rings. The molecule has 0 aliphatic carbocycles. The molecule has 0 unspecified atom stereocenters. The highest BCUT2D eigenvalue weighted by Gasteiger charge is 2.19. The third kappa shape index (κ3) is 3.30. The molecule has 1 N–H and O–H groups in total. The van der Waals surface area contributed by atoms with Crippen molar-refractivity contribution in [2.45, 2.75) is 16.0 Å². The summed E-state index contributed by atoms with van der Waals surface area (Å²) in [5.74, 6) is 0.303. The van der Waals surface area contributed by atoms with Gasteiger partial charge >= 0.3 is 0 Å². The maximum atomic E-state index is 12.1. The molecule has 0 spiro atoms. The normalized spacial score (nSPS) is 11.2. The standard InChI is InChI=1S/C10H11N5O2S3/c1-7-9(18-4-3-11)19-10(13-7)14-20(16,17)8-5-12-15(2)6-8/h5-6H,4H2,1-2H3,(H,13,14). The molecule has 0 fully saturated rings. The zero-order valence-electron chi connectivity index (χ0n) is 10.7. The number of anilines is 1. The Morgan fingerprint density at radius 1 is 1.60 bits per heavy atom. The number of hydrogen-bond acceptors (Lipinski definition) is 7. The highest BCUT2D eigenvalue weighted by Crippen LogP contribution is 2.32. The summed E-state index contributed by atoms with van der Waals surface area (Å²) < 4.78 is 28.8. The van der Waals surface area contributed by atoms with Gasteiger partial charge in [0.1, 0.15) is 4.90 Å². The molecule has 0 saturated heterocycles. The number of thiazole rings is 1. The van der Waals surface area contributed by atoms with E-state index < -0.39 is 10.0 Å². The molecule has 0 bridgehead atoms. The lowest BCUT2D eigenvalue weighted by Crippen LogP contribution is -2.12. The minimum Gasteiger partial charge on any atom is -0.274 e. The highest BCUT2D eigenvalue weighted by atomic mass is 32.2. The van der Waals surface area contributed by atoms with E-state index in [2.05, 4.69) is 14.8 Å². The summed E-state index contributed by atoms with van der Waals surface area (Å²) in [6.45, 7) is 1.78. The Balaban J connectivity index is 2.20. The van der Waals surface area contributed by atoms with Crippen molar-refractivity contribution >= 4 is 38.3 Å². The molecule has 0 atom stereocenters. The van der Waals surface area contributed by atoms with Crippen LogP contribution in [0.3, 0.4) is 0 Å². The van der Waals surface area contributed by atoms with Gasteiger partial charge in [0.15, 0.2) is 5.13 Å². The van der Waals surface area contributed by atoms with E-state index in [0.29, 0.717) is 11.4 Å². The van der Waals surface area contributed by atoms with Crippen molar-refractivity contribution in [3.8, 4) is 6.07 Å². The van der Waals surface area contributed by atoms with E-state index >= 15 is 0 Å². The molecule has 0 amide bonds. The van der Waals surface area contributed by atoms with Crippen molar-refractivity contribution in [1.29, 1.82) is 5.26 Å². The van der Waals surface area contributed by atoms with Crippen molar-refractivity contribution in [3.63, 3.8) is 0 Å². The number of sulfonamides is 1. The van der Waals surface area contributed by atoms with Crippen LogP contribution in [0.1, 0.15) is 5.69 Å². The molecule has 0 aliphatic heterocycles. The second-order valence-corrected chi connectivity index (χ2v) is 7.72. The monoisotopic (exact) mass is 329 g/mol. The van der Waals surface area contributed by atoms with Crippen LogP contribution in [0.15, 0.2) is 21.5 Å². The summed E-state index contributed by atoms with van der Waals surface area (Å²) in [4.78, 5) is 4.23. The van der Waals surface area contributed by atoms with Crippen LogP contribution in [0.4, 0.5) is 5.13 Å². The summed E-state index contributed by atoms with van der Waals surface area (Å²) in [5.41, 5.74) is 0.708. The number of nitriles is 1. The van der Waals surface area contributed by atoms with Gasteiger partial charge in [0.2, 0.25) is 0 Å². The number of thioether (sulfide) groups is 1. The SMILES string of the molecule is Cc1nc(NS(=O)(=O)c2cnn(C)c2)sc1SCC#N. The molecule has 0 aliphatic rings. The fraction of sp³-hybridized carbons (Fsp3) is 0.300. The van der Waals surface area contributed by atoms with Crippen LogP contribution in [0.5, 0.6) is 0 Å². The molecule has 0 aromatic carbocycles. The zero-order valence-corrected chi connectivity index (χ0v) is 13.1. The van der Waals surface area contributed by atoms with E-state index in [0.717, 1.165) is 4.21 Å². The summed E-state index contributed by atoms with van der Waals surface area (Å²) in [6.07, 6.45) is 2.68. The smallest absolute Gasteiger partial charge is 0.266 e. The van der Waals surface area contributed by atoms with Gasteiger partial charge in [-0.05, 0) is 6.92 Å². The molecule has 2 aromatic heterocycles. The molecular formula is C10H11N5O2S3. The van der Waals surface area contributed by atoms with Gasteiger partial charge in [-0.1, -0.05) is 23.1 Å². The number of aryl methyl sites for hydroxylation is 2. The van der Waals surface area contributed by atoms with Gasteiger partial charge < -0.3 is 0 Å². The van der Waals surface area contributed by atoms with Gasteiger partial charge in [-0.25, -0.2) is 13.4 Å². The van der Waals surface area contributed by atoms with Gasteiger partial charge in [0.05, 0.1) is 27.9 Å². The van der Waals surface area contributed by atoms with Crippen LogP contribution in [0.2, 0.25) is 0 Å². The predicted molar refractivity (Wildman–Crippen MR) is 77.2 cm³/mol. The number of aromatic nitrogens is 3. The predicted octanol–water partition coefficient (Wildman–Crippen LogP) is 1.60. The van der Waals surface area contributed by atoms with E-state index in [9.17, 15) is 8.42 Å². The van der Waals surface area contributed by atoms with Gasteiger partial charge in [-0.2, -0.15) is 10.4 Å². The first-order valence-corrected chi connectivity index (χ1v) is 8.69. The largest absolute Gasteiger partial charge is 0.274 e. The Bertz CT molecular complexity index is 756.